The minimum atomic E-state index is 0.791. The third kappa shape index (κ3) is 4.68. The Hall–Kier alpha value is -1.14. The molecule has 0 aliphatic carbocycles. The Balaban J connectivity index is 2.27. The number of halogens is 2. The molecule has 0 spiro atoms. The molecule has 0 fully saturated rings. The first-order valence-electron chi connectivity index (χ1n) is 6.96. The number of aromatic nitrogens is 2. The van der Waals surface area contributed by atoms with E-state index in [0.29, 0.717) is 0 Å². The fourth-order valence-electron chi connectivity index (χ4n) is 1.79. The third-order valence-electron chi connectivity index (χ3n) is 2.84. The van der Waals surface area contributed by atoms with Gasteiger partial charge in [0.1, 0.15) is 17.5 Å². The van der Waals surface area contributed by atoms with Crippen LogP contribution in [0, 0.1) is 0 Å². The van der Waals surface area contributed by atoms with Gasteiger partial charge >= 0.3 is 0 Å². The molecule has 4 nitrogen and oxygen atoms in total. The van der Waals surface area contributed by atoms with Crippen LogP contribution < -0.4 is 10.6 Å². The molecular formula is C15H18Br2N4. The smallest absolute Gasteiger partial charge is 0.136 e. The molecule has 0 bridgehead atoms. The molecule has 0 saturated heterocycles. The van der Waals surface area contributed by atoms with Gasteiger partial charge in [-0.3, -0.25) is 0 Å². The standard InChI is InChI=1S/C15H18Br2N4/c1-3-7-18-14-9-15(21-13(4-2)20-14)19-12-8-10(16)5-6-11(12)17/h5-6,8-9H,3-4,7H2,1-2H3,(H2,18,19,20,21). The zero-order valence-corrected chi connectivity index (χ0v) is 15.3. The molecule has 0 saturated carbocycles. The van der Waals surface area contributed by atoms with Crippen molar-refractivity contribution in [3.8, 4) is 0 Å². The van der Waals surface area contributed by atoms with Gasteiger partial charge in [0.2, 0.25) is 0 Å². The van der Waals surface area contributed by atoms with E-state index in [0.717, 1.165) is 51.5 Å². The molecule has 21 heavy (non-hydrogen) atoms. The minimum Gasteiger partial charge on any atom is -0.370 e. The van der Waals surface area contributed by atoms with Crippen molar-refractivity contribution >= 4 is 49.2 Å². The normalized spacial score (nSPS) is 10.5. The Morgan fingerprint density at radius 2 is 1.81 bits per heavy atom. The number of rotatable bonds is 6. The van der Waals surface area contributed by atoms with Gasteiger partial charge in [-0.05, 0) is 40.5 Å². The second-order valence-corrected chi connectivity index (χ2v) is 6.35. The molecule has 0 atom stereocenters. The van der Waals surface area contributed by atoms with Crippen molar-refractivity contribution in [2.24, 2.45) is 0 Å². The van der Waals surface area contributed by atoms with E-state index >= 15 is 0 Å². The molecule has 1 heterocycles. The summed E-state index contributed by atoms with van der Waals surface area (Å²) < 4.78 is 2.01. The molecule has 2 rings (SSSR count). The summed E-state index contributed by atoms with van der Waals surface area (Å²) in [6.45, 7) is 5.09. The summed E-state index contributed by atoms with van der Waals surface area (Å²) in [6.07, 6.45) is 1.86. The van der Waals surface area contributed by atoms with Crippen molar-refractivity contribution < 1.29 is 0 Å². The Morgan fingerprint density at radius 1 is 1.05 bits per heavy atom. The van der Waals surface area contributed by atoms with Crippen LogP contribution in [0.5, 0.6) is 0 Å². The van der Waals surface area contributed by atoms with Crippen LogP contribution >= 0.6 is 31.9 Å². The minimum absolute atomic E-state index is 0.791. The van der Waals surface area contributed by atoms with Crippen molar-refractivity contribution in [3.63, 3.8) is 0 Å². The molecule has 0 unspecified atom stereocenters. The molecule has 1 aromatic heterocycles. The molecule has 0 amide bonds. The van der Waals surface area contributed by atoms with Gasteiger partial charge in [-0.2, -0.15) is 0 Å². The molecular weight excluding hydrogens is 396 g/mol. The monoisotopic (exact) mass is 412 g/mol. The Labute approximate surface area is 142 Å². The van der Waals surface area contributed by atoms with Gasteiger partial charge in [0.15, 0.2) is 0 Å². The molecule has 1 aromatic carbocycles. The van der Waals surface area contributed by atoms with Crippen LogP contribution in [0.4, 0.5) is 17.3 Å². The highest BCUT2D eigenvalue weighted by atomic mass is 79.9. The maximum atomic E-state index is 4.53. The van der Waals surface area contributed by atoms with Gasteiger partial charge in [0, 0.05) is 28.0 Å². The Morgan fingerprint density at radius 3 is 2.52 bits per heavy atom. The molecule has 2 aromatic rings. The first kappa shape index (κ1) is 16.2. The van der Waals surface area contributed by atoms with Gasteiger partial charge in [-0.1, -0.05) is 29.8 Å². The molecule has 0 aliphatic rings. The van der Waals surface area contributed by atoms with Crippen LogP contribution in [0.3, 0.4) is 0 Å². The number of anilines is 3. The quantitative estimate of drug-likeness (QED) is 0.689. The average molecular weight is 414 g/mol. The number of hydrogen-bond acceptors (Lipinski definition) is 4. The molecule has 0 radical (unpaired) electrons. The largest absolute Gasteiger partial charge is 0.370 e. The van der Waals surface area contributed by atoms with Gasteiger partial charge in [0.05, 0.1) is 5.69 Å². The fraction of sp³-hybridized carbons (Fsp3) is 0.333. The maximum Gasteiger partial charge on any atom is 0.136 e. The zero-order valence-electron chi connectivity index (χ0n) is 12.1. The lowest BCUT2D eigenvalue weighted by molar-refractivity contribution is 0.919. The van der Waals surface area contributed by atoms with Gasteiger partial charge in [-0.25, -0.2) is 9.97 Å². The number of nitrogens with zero attached hydrogens (tertiary/aromatic N) is 2. The number of nitrogens with one attached hydrogen (secondary N) is 2. The van der Waals surface area contributed by atoms with Crippen LogP contribution in [0.25, 0.3) is 0 Å². The predicted octanol–water partition coefficient (Wildman–Crippen LogP) is 5.13. The molecule has 6 heteroatoms. The van der Waals surface area contributed by atoms with Crippen LogP contribution in [-0.4, -0.2) is 16.5 Å². The van der Waals surface area contributed by atoms with Crippen LogP contribution in [0.1, 0.15) is 26.1 Å². The average Bonchev–Trinajstić information content (AvgIpc) is 2.48. The highest BCUT2D eigenvalue weighted by Crippen LogP contribution is 2.29. The van der Waals surface area contributed by atoms with Crippen LogP contribution in [0.15, 0.2) is 33.2 Å². The summed E-state index contributed by atoms with van der Waals surface area (Å²) in [5.74, 6) is 2.47. The Kier molecular flexibility index (Phi) is 5.99. The van der Waals surface area contributed by atoms with Crippen molar-refractivity contribution in [2.45, 2.75) is 26.7 Å². The topological polar surface area (TPSA) is 49.8 Å². The highest BCUT2D eigenvalue weighted by Gasteiger charge is 2.06. The lowest BCUT2D eigenvalue weighted by atomic mass is 10.3. The lowest BCUT2D eigenvalue weighted by Gasteiger charge is -2.12. The third-order valence-corrected chi connectivity index (χ3v) is 4.02. The highest BCUT2D eigenvalue weighted by molar-refractivity contribution is 9.11. The van der Waals surface area contributed by atoms with Gasteiger partial charge in [0.25, 0.3) is 0 Å². The number of hydrogen-bond donors (Lipinski definition) is 2. The summed E-state index contributed by atoms with van der Waals surface area (Å²) in [6, 6.07) is 7.92. The fourth-order valence-corrected chi connectivity index (χ4v) is 2.50. The summed E-state index contributed by atoms with van der Waals surface area (Å²) in [4.78, 5) is 9.02. The second-order valence-electron chi connectivity index (χ2n) is 4.58. The van der Waals surface area contributed by atoms with Crippen LogP contribution in [-0.2, 0) is 6.42 Å². The van der Waals surface area contributed by atoms with Gasteiger partial charge < -0.3 is 10.6 Å². The van der Waals surface area contributed by atoms with E-state index in [1.807, 2.05) is 24.3 Å². The molecule has 112 valence electrons. The van der Waals surface area contributed by atoms with E-state index in [4.69, 9.17) is 0 Å². The molecule has 0 aliphatic heterocycles. The van der Waals surface area contributed by atoms with Crippen molar-refractivity contribution in [2.75, 3.05) is 17.2 Å². The zero-order chi connectivity index (χ0) is 15.2. The Bertz CT molecular complexity index is 617. The maximum absolute atomic E-state index is 4.53. The van der Waals surface area contributed by atoms with E-state index in [1.54, 1.807) is 0 Å². The van der Waals surface area contributed by atoms with Crippen LogP contribution in [0.2, 0.25) is 0 Å². The van der Waals surface area contributed by atoms with E-state index in [9.17, 15) is 0 Å². The first-order chi connectivity index (χ1) is 10.1. The SMILES string of the molecule is CCCNc1cc(Nc2cc(Br)ccc2Br)nc(CC)n1. The summed E-state index contributed by atoms with van der Waals surface area (Å²) in [5, 5.41) is 6.65. The first-order valence-corrected chi connectivity index (χ1v) is 8.55. The molecule has 2 N–H and O–H groups in total. The lowest BCUT2D eigenvalue weighted by Crippen LogP contribution is -2.07. The predicted molar refractivity (Wildman–Crippen MR) is 95.3 cm³/mol. The number of aryl methyl sites for hydroxylation is 1. The van der Waals surface area contributed by atoms with E-state index in [-0.39, 0.29) is 0 Å². The van der Waals surface area contributed by atoms with Gasteiger partial charge in [-0.15, -0.1) is 0 Å². The van der Waals surface area contributed by atoms with Crippen molar-refractivity contribution in [1.82, 2.24) is 9.97 Å². The van der Waals surface area contributed by atoms with E-state index in [1.165, 1.54) is 0 Å². The summed E-state index contributed by atoms with van der Waals surface area (Å²) >= 11 is 7.02. The van der Waals surface area contributed by atoms with E-state index in [2.05, 4.69) is 66.3 Å². The van der Waals surface area contributed by atoms with Crippen molar-refractivity contribution in [3.05, 3.63) is 39.0 Å². The van der Waals surface area contributed by atoms with Crippen molar-refractivity contribution in [1.29, 1.82) is 0 Å². The summed E-state index contributed by atoms with van der Waals surface area (Å²) in [7, 11) is 0. The number of benzene rings is 1. The summed E-state index contributed by atoms with van der Waals surface area (Å²) in [5.41, 5.74) is 0.964. The second kappa shape index (κ2) is 7.75. The van der Waals surface area contributed by atoms with E-state index < -0.39 is 0 Å².